The van der Waals surface area contributed by atoms with Crippen LogP contribution in [0.3, 0.4) is 0 Å². The van der Waals surface area contributed by atoms with Gasteiger partial charge >= 0.3 is 0 Å². The molecule has 0 radical (unpaired) electrons. The van der Waals surface area contributed by atoms with E-state index in [-0.39, 0.29) is 0 Å². The molecular weight excluding hydrogens is 248 g/mol. The predicted molar refractivity (Wildman–Crippen MR) is 80.3 cm³/mol. The van der Waals surface area contributed by atoms with E-state index in [4.69, 9.17) is 0 Å². The van der Waals surface area contributed by atoms with Crippen molar-refractivity contribution in [2.75, 3.05) is 13.1 Å². The Morgan fingerprint density at radius 1 is 1.35 bits per heavy atom. The maximum Gasteiger partial charge on any atom is 0.0535 e. The smallest absolute Gasteiger partial charge is 0.0535 e. The summed E-state index contributed by atoms with van der Waals surface area (Å²) in [5, 5.41) is 10.7. The van der Waals surface area contributed by atoms with Gasteiger partial charge < -0.3 is 5.32 Å². The molecule has 1 saturated heterocycles. The number of aromatic amines is 1. The first kappa shape index (κ1) is 13.3. The maximum atomic E-state index is 4.06. The normalized spacial score (nSPS) is 19.6. The van der Waals surface area contributed by atoms with E-state index in [1.807, 2.05) is 6.20 Å². The molecule has 0 unspecified atom stereocenters. The lowest BCUT2D eigenvalue weighted by molar-refractivity contribution is 0.320. The van der Waals surface area contributed by atoms with Crippen LogP contribution in [0.2, 0.25) is 0 Å². The highest BCUT2D eigenvalue weighted by atomic mass is 15.2. The molecule has 2 aromatic rings. The van der Waals surface area contributed by atoms with Gasteiger partial charge in [0.25, 0.3) is 0 Å². The average Bonchev–Trinajstić information content (AvgIpc) is 3.07. The summed E-state index contributed by atoms with van der Waals surface area (Å²) in [5.41, 5.74) is 3.84. The Bertz CT molecular complexity index is 534. The van der Waals surface area contributed by atoms with Crippen LogP contribution in [-0.2, 0) is 13.1 Å². The standard InChI is InChI=1S/C16H22N4/c1-13-15(10-18-19-13)9-17-16-7-8-20(12-16)11-14-5-3-2-4-6-14/h2-6,10,16-17H,7-9,11-12H2,1H3,(H,18,19)/t16-/m1/s1. The zero-order valence-corrected chi connectivity index (χ0v) is 12.0. The molecule has 4 heteroatoms. The molecule has 2 N–H and O–H groups in total. The van der Waals surface area contributed by atoms with Gasteiger partial charge in [0.05, 0.1) is 6.20 Å². The summed E-state index contributed by atoms with van der Waals surface area (Å²) in [5.74, 6) is 0. The van der Waals surface area contributed by atoms with Crippen LogP contribution in [0, 0.1) is 6.92 Å². The molecule has 1 aromatic carbocycles. The monoisotopic (exact) mass is 270 g/mol. The first-order valence-corrected chi connectivity index (χ1v) is 7.30. The minimum absolute atomic E-state index is 0.591. The van der Waals surface area contributed by atoms with Crippen molar-refractivity contribution < 1.29 is 0 Å². The Morgan fingerprint density at radius 3 is 2.95 bits per heavy atom. The van der Waals surface area contributed by atoms with E-state index in [2.05, 4.69) is 57.7 Å². The van der Waals surface area contributed by atoms with E-state index in [1.54, 1.807) is 0 Å². The van der Waals surface area contributed by atoms with E-state index >= 15 is 0 Å². The van der Waals surface area contributed by atoms with Gasteiger partial charge in [0, 0.05) is 43.5 Å². The van der Waals surface area contributed by atoms with Crippen LogP contribution in [0.5, 0.6) is 0 Å². The molecule has 1 atom stereocenters. The Kier molecular flexibility index (Phi) is 4.14. The van der Waals surface area contributed by atoms with Crippen LogP contribution in [0.25, 0.3) is 0 Å². The molecule has 20 heavy (non-hydrogen) atoms. The molecule has 106 valence electrons. The number of aromatic nitrogens is 2. The molecule has 1 fully saturated rings. The molecule has 0 amide bonds. The number of rotatable bonds is 5. The van der Waals surface area contributed by atoms with Gasteiger partial charge in [0.15, 0.2) is 0 Å². The van der Waals surface area contributed by atoms with Crippen molar-refractivity contribution in [3.8, 4) is 0 Å². The molecule has 4 nitrogen and oxygen atoms in total. The van der Waals surface area contributed by atoms with E-state index in [9.17, 15) is 0 Å². The molecule has 1 aliphatic rings. The Morgan fingerprint density at radius 2 is 2.20 bits per heavy atom. The molecule has 2 heterocycles. The third-order valence-electron chi connectivity index (χ3n) is 4.04. The van der Waals surface area contributed by atoms with Crippen LogP contribution < -0.4 is 5.32 Å². The van der Waals surface area contributed by atoms with Gasteiger partial charge in [-0.3, -0.25) is 10.00 Å². The Hall–Kier alpha value is -1.65. The number of nitrogens with one attached hydrogen (secondary N) is 2. The minimum atomic E-state index is 0.591. The lowest BCUT2D eigenvalue weighted by Crippen LogP contribution is -2.32. The first-order valence-electron chi connectivity index (χ1n) is 7.30. The molecule has 1 aliphatic heterocycles. The molecule has 1 aromatic heterocycles. The largest absolute Gasteiger partial charge is 0.308 e. The second kappa shape index (κ2) is 6.20. The minimum Gasteiger partial charge on any atom is -0.308 e. The zero-order valence-electron chi connectivity index (χ0n) is 12.0. The van der Waals surface area contributed by atoms with Crippen molar-refractivity contribution >= 4 is 0 Å². The van der Waals surface area contributed by atoms with Gasteiger partial charge in [-0.25, -0.2) is 0 Å². The fraction of sp³-hybridized carbons (Fsp3) is 0.438. The fourth-order valence-corrected chi connectivity index (χ4v) is 2.79. The van der Waals surface area contributed by atoms with Gasteiger partial charge in [-0.05, 0) is 18.9 Å². The summed E-state index contributed by atoms with van der Waals surface area (Å²) >= 11 is 0. The molecular formula is C16H22N4. The molecule has 0 saturated carbocycles. The topological polar surface area (TPSA) is 44.0 Å². The van der Waals surface area contributed by atoms with Crippen molar-refractivity contribution in [3.05, 3.63) is 53.3 Å². The van der Waals surface area contributed by atoms with Crippen LogP contribution in [0.4, 0.5) is 0 Å². The molecule has 0 spiro atoms. The van der Waals surface area contributed by atoms with Gasteiger partial charge in [0.1, 0.15) is 0 Å². The number of aryl methyl sites for hydroxylation is 1. The van der Waals surface area contributed by atoms with E-state index in [0.717, 1.165) is 25.3 Å². The van der Waals surface area contributed by atoms with E-state index < -0.39 is 0 Å². The van der Waals surface area contributed by atoms with Crippen molar-refractivity contribution in [2.24, 2.45) is 0 Å². The second-order valence-corrected chi connectivity index (χ2v) is 5.61. The van der Waals surface area contributed by atoms with Crippen LogP contribution in [0.1, 0.15) is 23.2 Å². The maximum absolute atomic E-state index is 4.06. The summed E-state index contributed by atoms with van der Waals surface area (Å²) in [4.78, 5) is 2.52. The summed E-state index contributed by atoms with van der Waals surface area (Å²) in [6, 6.07) is 11.3. The lowest BCUT2D eigenvalue weighted by Gasteiger charge is -2.16. The highest BCUT2D eigenvalue weighted by Crippen LogP contribution is 2.14. The summed E-state index contributed by atoms with van der Waals surface area (Å²) in [6.45, 7) is 6.35. The van der Waals surface area contributed by atoms with E-state index in [1.165, 1.54) is 24.1 Å². The van der Waals surface area contributed by atoms with Gasteiger partial charge in [-0.15, -0.1) is 0 Å². The highest BCUT2D eigenvalue weighted by Gasteiger charge is 2.22. The number of nitrogens with zero attached hydrogens (tertiary/aromatic N) is 2. The summed E-state index contributed by atoms with van der Waals surface area (Å²) < 4.78 is 0. The van der Waals surface area contributed by atoms with Gasteiger partial charge in [-0.2, -0.15) is 5.10 Å². The van der Waals surface area contributed by atoms with E-state index in [0.29, 0.717) is 6.04 Å². The molecule has 0 bridgehead atoms. The fourth-order valence-electron chi connectivity index (χ4n) is 2.79. The third-order valence-corrected chi connectivity index (χ3v) is 4.04. The van der Waals surface area contributed by atoms with Crippen LogP contribution in [-0.4, -0.2) is 34.2 Å². The number of H-pyrrole nitrogens is 1. The Balaban J connectivity index is 1.46. The number of likely N-dealkylation sites (tertiary alicyclic amines) is 1. The summed E-state index contributed by atoms with van der Waals surface area (Å²) in [6.07, 6.45) is 3.14. The third kappa shape index (κ3) is 3.26. The quantitative estimate of drug-likeness (QED) is 0.874. The van der Waals surface area contributed by atoms with Gasteiger partial charge in [0.2, 0.25) is 0 Å². The van der Waals surface area contributed by atoms with Crippen molar-refractivity contribution in [1.82, 2.24) is 20.4 Å². The van der Waals surface area contributed by atoms with Crippen LogP contribution >= 0.6 is 0 Å². The van der Waals surface area contributed by atoms with Crippen molar-refractivity contribution in [1.29, 1.82) is 0 Å². The highest BCUT2D eigenvalue weighted by molar-refractivity contribution is 5.15. The molecule has 3 rings (SSSR count). The zero-order chi connectivity index (χ0) is 13.8. The predicted octanol–water partition coefficient (Wildman–Crippen LogP) is 2.08. The number of hydrogen-bond acceptors (Lipinski definition) is 3. The number of hydrogen-bond donors (Lipinski definition) is 2. The first-order chi connectivity index (χ1) is 9.81. The van der Waals surface area contributed by atoms with Crippen LogP contribution in [0.15, 0.2) is 36.5 Å². The lowest BCUT2D eigenvalue weighted by atomic mass is 10.2. The van der Waals surface area contributed by atoms with Gasteiger partial charge in [-0.1, -0.05) is 30.3 Å². The average molecular weight is 270 g/mol. The molecule has 0 aliphatic carbocycles. The summed E-state index contributed by atoms with van der Waals surface area (Å²) in [7, 11) is 0. The Labute approximate surface area is 120 Å². The number of benzene rings is 1. The SMILES string of the molecule is Cc1[nH]ncc1CN[C@@H]1CCN(Cc2ccccc2)C1. The second-order valence-electron chi connectivity index (χ2n) is 5.61. The van der Waals surface area contributed by atoms with Crippen molar-refractivity contribution in [3.63, 3.8) is 0 Å². The van der Waals surface area contributed by atoms with Crippen molar-refractivity contribution in [2.45, 2.75) is 32.5 Å².